The second-order valence-electron chi connectivity index (χ2n) is 7.96. The summed E-state index contributed by atoms with van der Waals surface area (Å²) in [6, 6.07) is 9.82. The van der Waals surface area contributed by atoms with Crippen LogP contribution in [0.2, 0.25) is 0 Å². The van der Waals surface area contributed by atoms with Gasteiger partial charge in [0.1, 0.15) is 5.60 Å². The Morgan fingerprint density at radius 3 is 2.42 bits per heavy atom. The maximum absolute atomic E-state index is 13.1. The van der Waals surface area contributed by atoms with Crippen molar-refractivity contribution in [1.29, 1.82) is 0 Å². The fraction of sp³-hybridized carbons (Fsp3) is 0.619. The number of ether oxygens (including phenoxy) is 1. The summed E-state index contributed by atoms with van der Waals surface area (Å²) >= 11 is 1.55. The molecule has 1 aliphatic rings. The number of imide groups is 1. The molecule has 1 heterocycles. The van der Waals surface area contributed by atoms with Gasteiger partial charge in [0.2, 0.25) is 5.91 Å². The smallest absolute Gasteiger partial charge is 0.417 e. The molecule has 0 bridgehead atoms. The molecule has 0 aromatic heterocycles. The van der Waals surface area contributed by atoms with Crippen LogP contribution in [-0.2, 0) is 9.53 Å². The first-order valence-corrected chi connectivity index (χ1v) is 10.4. The lowest BCUT2D eigenvalue weighted by Crippen LogP contribution is -2.43. The molecule has 1 fully saturated rings. The van der Waals surface area contributed by atoms with Crippen molar-refractivity contribution in [2.75, 3.05) is 0 Å². The molecule has 2 rings (SSSR count). The predicted molar refractivity (Wildman–Crippen MR) is 106 cm³/mol. The van der Waals surface area contributed by atoms with E-state index in [1.807, 2.05) is 51.1 Å². The summed E-state index contributed by atoms with van der Waals surface area (Å²) in [4.78, 5) is 28.3. The number of hydrogen-bond acceptors (Lipinski definition) is 4. The highest BCUT2D eigenvalue weighted by Crippen LogP contribution is 2.40. The standard InChI is InChI=1S/C21H31NO3S/c1-6-7-9-14-17-15(2)18(26-16-12-10-8-11-13-16)19(23)22(17)20(24)25-21(3,4)5/h8,10-13,15,17-18H,6-7,9,14H2,1-5H3. The van der Waals surface area contributed by atoms with Crippen LogP contribution in [0, 0.1) is 5.92 Å². The van der Waals surface area contributed by atoms with Crippen LogP contribution >= 0.6 is 11.8 Å². The van der Waals surface area contributed by atoms with Crippen LogP contribution in [0.15, 0.2) is 35.2 Å². The molecule has 3 atom stereocenters. The van der Waals surface area contributed by atoms with Crippen LogP contribution in [0.25, 0.3) is 0 Å². The van der Waals surface area contributed by atoms with Crippen LogP contribution in [0.5, 0.6) is 0 Å². The Hall–Kier alpha value is -1.49. The third-order valence-corrected chi connectivity index (χ3v) is 6.03. The number of rotatable bonds is 6. The number of benzene rings is 1. The highest BCUT2D eigenvalue weighted by atomic mass is 32.2. The highest BCUT2D eigenvalue weighted by Gasteiger charge is 2.49. The molecule has 0 N–H and O–H groups in total. The Balaban J connectivity index is 2.21. The minimum Gasteiger partial charge on any atom is -0.443 e. The largest absolute Gasteiger partial charge is 0.443 e. The van der Waals surface area contributed by atoms with Gasteiger partial charge in [-0.1, -0.05) is 51.3 Å². The van der Waals surface area contributed by atoms with Crippen molar-refractivity contribution in [3.05, 3.63) is 30.3 Å². The number of unbranched alkanes of at least 4 members (excludes halogenated alkanes) is 2. The van der Waals surface area contributed by atoms with Gasteiger partial charge in [0, 0.05) is 10.9 Å². The Morgan fingerprint density at radius 2 is 1.85 bits per heavy atom. The van der Waals surface area contributed by atoms with E-state index in [4.69, 9.17) is 4.74 Å². The van der Waals surface area contributed by atoms with Crippen molar-refractivity contribution < 1.29 is 14.3 Å². The SMILES string of the molecule is CCCCCC1C(C)C(Sc2ccccc2)C(=O)N1C(=O)OC(C)(C)C. The summed E-state index contributed by atoms with van der Waals surface area (Å²) in [5.41, 5.74) is -0.612. The van der Waals surface area contributed by atoms with E-state index in [2.05, 4.69) is 13.8 Å². The number of carbonyl (C=O) groups excluding carboxylic acids is 2. The van der Waals surface area contributed by atoms with E-state index in [0.717, 1.165) is 30.6 Å². The van der Waals surface area contributed by atoms with Gasteiger partial charge in [-0.15, -0.1) is 11.8 Å². The monoisotopic (exact) mass is 377 g/mol. The first kappa shape index (κ1) is 20.8. The van der Waals surface area contributed by atoms with Crippen LogP contribution in [0.4, 0.5) is 4.79 Å². The molecule has 3 unspecified atom stereocenters. The fourth-order valence-electron chi connectivity index (χ4n) is 3.30. The topological polar surface area (TPSA) is 46.6 Å². The van der Waals surface area contributed by atoms with E-state index < -0.39 is 11.7 Å². The number of hydrogen-bond donors (Lipinski definition) is 0. The molecule has 0 aliphatic carbocycles. The fourth-order valence-corrected chi connectivity index (χ4v) is 4.52. The molecular formula is C21H31NO3S. The lowest BCUT2D eigenvalue weighted by atomic mass is 9.97. The van der Waals surface area contributed by atoms with E-state index in [0.29, 0.717) is 0 Å². The number of amides is 2. The molecule has 5 heteroatoms. The molecule has 26 heavy (non-hydrogen) atoms. The number of thioether (sulfide) groups is 1. The third-order valence-electron chi connectivity index (χ3n) is 4.60. The first-order chi connectivity index (χ1) is 12.2. The zero-order valence-corrected chi connectivity index (χ0v) is 17.3. The summed E-state index contributed by atoms with van der Waals surface area (Å²) in [7, 11) is 0. The quantitative estimate of drug-likeness (QED) is 0.613. The molecule has 0 spiro atoms. The average Bonchev–Trinajstić information content (AvgIpc) is 2.79. The normalized spacial score (nSPS) is 23.3. The van der Waals surface area contributed by atoms with Crippen molar-refractivity contribution in [3.8, 4) is 0 Å². The minimum atomic E-state index is -0.612. The van der Waals surface area contributed by atoms with Crippen molar-refractivity contribution >= 4 is 23.8 Å². The van der Waals surface area contributed by atoms with Crippen LogP contribution in [0.1, 0.15) is 60.3 Å². The lowest BCUT2D eigenvalue weighted by Gasteiger charge is -2.28. The van der Waals surface area contributed by atoms with Crippen molar-refractivity contribution in [1.82, 2.24) is 4.90 Å². The zero-order chi connectivity index (χ0) is 19.3. The summed E-state index contributed by atoms with van der Waals surface area (Å²) < 4.78 is 5.53. The number of nitrogens with zero attached hydrogens (tertiary/aromatic N) is 1. The van der Waals surface area contributed by atoms with Gasteiger partial charge in [-0.05, 0) is 45.2 Å². The Morgan fingerprint density at radius 1 is 1.19 bits per heavy atom. The maximum Gasteiger partial charge on any atom is 0.417 e. The Bertz CT molecular complexity index is 611. The van der Waals surface area contributed by atoms with Crippen molar-refractivity contribution in [2.45, 2.75) is 82.1 Å². The van der Waals surface area contributed by atoms with Crippen molar-refractivity contribution in [3.63, 3.8) is 0 Å². The van der Waals surface area contributed by atoms with E-state index in [-0.39, 0.29) is 23.1 Å². The van der Waals surface area contributed by atoms with Gasteiger partial charge in [0.15, 0.2) is 0 Å². The van der Waals surface area contributed by atoms with Gasteiger partial charge in [-0.25, -0.2) is 9.69 Å². The van der Waals surface area contributed by atoms with Crippen LogP contribution < -0.4 is 0 Å². The highest BCUT2D eigenvalue weighted by molar-refractivity contribution is 8.00. The Labute approximate surface area is 161 Å². The van der Waals surface area contributed by atoms with Gasteiger partial charge >= 0.3 is 6.09 Å². The number of likely N-dealkylation sites (tertiary alicyclic amines) is 1. The zero-order valence-electron chi connectivity index (χ0n) is 16.5. The second-order valence-corrected chi connectivity index (χ2v) is 9.18. The lowest BCUT2D eigenvalue weighted by molar-refractivity contribution is -0.127. The Kier molecular flexibility index (Phi) is 7.16. The summed E-state index contributed by atoms with van der Waals surface area (Å²) in [5, 5.41) is -0.253. The van der Waals surface area contributed by atoms with E-state index >= 15 is 0 Å². The molecule has 1 aliphatic heterocycles. The minimum absolute atomic E-state index is 0.0925. The molecule has 144 valence electrons. The maximum atomic E-state index is 13.1. The molecule has 1 aromatic rings. The summed E-state index contributed by atoms with van der Waals surface area (Å²) in [6.45, 7) is 9.73. The number of carbonyl (C=O) groups is 2. The molecule has 4 nitrogen and oxygen atoms in total. The van der Waals surface area contributed by atoms with Crippen LogP contribution in [0.3, 0.4) is 0 Å². The second kappa shape index (κ2) is 8.94. The summed E-state index contributed by atoms with van der Waals surface area (Å²) in [6.07, 6.45) is 3.57. The van der Waals surface area contributed by atoms with Crippen molar-refractivity contribution in [2.24, 2.45) is 5.92 Å². The van der Waals surface area contributed by atoms with E-state index in [1.165, 1.54) is 4.90 Å². The van der Waals surface area contributed by atoms with E-state index in [9.17, 15) is 9.59 Å². The molecular weight excluding hydrogens is 346 g/mol. The van der Waals surface area contributed by atoms with Gasteiger partial charge < -0.3 is 4.74 Å². The first-order valence-electron chi connectivity index (χ1n) is 9.52. The predicted octanol–water partition coefficient (Wildman–Crippen LogP) is 5.51. The van der Waals surface area contributed by atoms with Gasteiger partial charge in [-0.2, -0.15) is 0 Å². The molecule has 0 saturated carbocycles. The molecule has 2 amide bonds. The van der Waals surface area contributed by atoms with E-state index in [1.54, 1.807) is 11.8 Å². The average molecular weight is 378 g/mol. The molecule has 1 saturated heterocycles. The van der Waals surface area contributed by atoms with Gasteiger partial charge in [0.25, 0.3) is 0 Å². The third kappa shape index (κ3) is 5.26. The summed E-state index contributed by atoms with van der Waals surface area (Å²) in [5.74, 6) is -0.0285. The molecule has 0 radical (unpaired) electrons. The van der Waals surface area contributed by atoms with Gasteiger partial charge in [-0.3, -0.25) is 4.79 Å². The van der Waals surface area contributed by atoms with Crippen LogP contribution in [-0.4, -0.2) is 33.8 Å². The molecule has 1 aromatic carbocycles. The van der Waals surface area contributed by atoms with Gasteiger partial charge in [0.05, 0.1) is 5.25 Å².